The Morgan fingerprint density at radius 3 is 2.73 bits per heavy atom. The number of nitrogens with zero attached hydrogens (tertiary/aromatic N) is 1. The second-order valence-electron chi connectivity index (χ2n) is 6.43. The summed E-state index contributed by atoms with van der Waals surface area (Å²) in [6.45, 7) is 2.51. The number of hydrogen-bond acceptors (Lipinski definition) is 4. The van der Waals surface area contributed by atoms with Crippen LogP contribution in [0.25, 0.3) is 0 Å². The van der Waals surface area contributed by atoms with Crippen LogP contribution in [0.4, 0.5) is 4.39 Å². The molecular formula is C17H24FNO3. The van der Waals surface area contributed by atoms with E-state index in [9.17, 15) is 9.50 Å². The van der Waals surface area contributed by atoms with E-state index in [1.807, 2.05) is 0 Å². The lowest BCUT2D eigenvalue weighted by Gasteiger charge is -2.33. The van der Waals surface area contributed by atoms with Crippen LogP contribution in [0.2, 0.25) is 0 Å². The van der Waals surface area contributed by atoms with Gasteiger partial charge in [0.2, 0.25) is 0 Å². The lowest BCUT2D eigenvalue weighted by atomic mass is 10.0. The molecule has 0 radical (unpaired) electrons. The minimum Gasteiger partial charge on any atom is -0.490 e. The molecule has 0 unspecified atom stereocenters. The Morgan fingerprint density at radius 1 is 1.27 bits per heavy atom. The molecule has 122 valence electrons. The van der Waals surface area contributed by atoms with Gasteiger partial charge in [-0.1, -0.05) is 12.8 Å². The largest absolute Gasteiger partial charge is 0.490 e. The first-order valence-corrected chi connectivity index (χ1v) is 8.07. The van der Waals surface area contributed by atoms with E-state index in [1.165, 1.54) is 37.8 Å². The number of ether oxygens (including phenoxy) is 2. The molecule has 22 heavy (non-hydrogen) atoms. The van der Waals surface area contributed by atoms with Crippen molar-refractivity contribution in [1.82, 2.24) is 4.90 Å². The third-order valence-corrected chi connectivity index (χ3v) is 4.55. The van der Waals surface area contributed by atoms with Crippen molar-refractivity contribution in [3.63, 3.8) is 0 Å². The number of aliphatic hydroxyl groups is 1. The molecule has 1 aromatic rings. The van der Waals surface area contributed by atoms with Crippen LogP contribution in [0.1, 0.15) is 25.7 Å². The van der Waals surface area contributed by atoms with Crippen LogP contribution in [0.3, 0.4) is 0 Å². The molecule has 0 bridgehead atoms. The van der Waals surface area contributed by atoms with Crippen LogP contribution in [0.15, 0.2) is 24.3 Å². The van der Waals surface area contributed by atoms with Crippen molar-refractivity contribution in [2.75, 3.05) is 32.9 Å². The van der Waals surface area contributed by atoms with E-state index in [4.69, 9.17) is 9.47 Å². The molecule has 4 nitrogen and oxygen atoms in total. The molecule has 3 rings (SSSR count). The van der Waals surface area contributed by atoms with Crippen molar-refractivity contribution in [1.29, 1.82) is 0 Å². The predicted octanol–water partition coefficient (Wildman–Crippen LogP) is 2.21. The topological polar surface area (TPSA) is 41.9 Å². The molecule has 1 aliphatic heterocycles. The molecule has 1 N–H and O–H groups in total. The summed E-state index contributed by atoms with van der Waals surface area (Å²) in [4.78, 5) is 2.34. The summed E-state index contributed by atoms with van der Waals surface area (Å²) in [6.07, 6.45) is 4.95. The van der Waals surface area contributed by atoms with Gasteiger partial charge in [0, 0.05) is 19.1 Å². The first-order valence-electron chi connectivity index (χ1n) is 8.07. The lowest BCUT2D eigenvalue weighted by molar-refractivity contribution is -0.0669. The Kier molecular flexibility index (Phi) is 4.96. The van der Waals surface area contributed by atoms with E-state index in [2.05, 4.69) is 4.90 Å². The Hall–Kier alpha value is -1.17. The Morgan fingerprint density at radius 2 is 2.00 bits per heavy atom. The number of β-amino-alcohol motifs (C(OH)–C–C–N with tert-alkyl or cyclic N) is 1. The molecule has 1 atom stereocenters. The molecule has 2 fully saturated rings. The number of rotatable bonds is 4. The molecule has 2 aliphatic rings. The highest BCUT2D eigenvalue weighted by molar-refractivity contribution is 5.22. The molecule has 0 aromatic heterocycles. The van der Waals surface area contributed by atoms with Crippen molar-refractivity contribution >= 4 is 0 Å². The molecular weight excluding hydrogens is 285 g/mol. The predicted molar refractivity (Wildman–Crippen MR) is 81.5 cm³/mol. The van der Waals surface area contributed by atoms with Crippen LogP contribution in [0.5, 0.6) is 5.75 Å². The fourth-order valence-corrected chi connectivity index (χ4v) is 3.36. The van der Waals surface area contributed by atoms with E-state index in [0.29, 0.717) is 24.9 Å². The van der Waals surface area contributed by atoms with Gasteiger partial charge in [-0.05, 0) is 37.1 Å². The first-order chi connectivity index (χ1) is 10.6. The maximum Gasteiger partial charge on any atom is 0.134 e. The zero-order chi connectivity index (χ0) is 15.4. The summed E-state index contributed by atoms with van der Waals surface area (Å²) in [5, 5.41) is 10.8. The van der Waals surface area contributed by atoms with E-state index < -0.39 is 5.60 Å². The van der Waals surface area contributed by atoms with Gasteiger partial charge in [0.25, 0.3) is 0 Å². The Labute approximate surface area is 130 Å². The van der Waals surface area contributed by atoms with Gasteiger partial charge in [-0.2, -0.15) is 0 Å². The normalized spacial score (nSPS) is 27.7. The average molecular weight is 309 g/mol. The fourth-order valence-electron chi connectivity index (χ4n) is 3.36. The monoisotopic (exact) mass is 309 g/mol. The van der Waals surface area contributed by atoms with Gasteiger partial charge in [-0.25, -0.2) is 4.39 Å². The summed E-state index contributed by atoms with van der Waals surface area (Å²) in [5.74, 6) is 0.266. The van der Waals surface area contributed by atoms with Gasteiger partial charge >= 0.3 is 0 Å². The summed E-state index contributed by atoms with van der Waals surface area (Å²) >= 11 is 0. The van der Waals surface area contributed by atoms with Gasteiger partial charge in [-0.15, -0.1) is 0 Å². The minimum atomic E-state index is -1.02. The third-order valence-electron chi connectivity index (χ3n) is 4.55. The summed E-state index contributed by atoms with van der Waals surface area (Å²) in [6, 6.07) is 6.41. The third kappa shape index (κ3) is 3.97. The smallest absolute Gasteiger partial charge is 0.134 e. The van der Waals surface area contributed by atoms with Crippen LogP contribution < -0.4 is 4.74 Å². The zero-order valence-electron chi connectivity index (χ0n) is 12.8. The maximum atomic E-state index is 12.9. The highest BCUT2D eigenvalue weighted by Crippen LogP contribution is 2.26. The van der Waals surface area contributed by atoms with E-state index in [0.717, 1.165) is 6.54 Å². The second kappa shape index (κ2) is 6.94. The van der Waals surface area contributed by atoms with Crippen molar-refractivity contribution in [2.45, 2.75) is 37.3 Å². The SMILES string of the molecule is O[C@]1(COc2ccc(F)cc2)COCCN(C2CCCC2)C1. The molecule has 1 aromatic carbocycles. The maximum absolute atomic E-state index is 12.9. The van der Waals surface area contributed by atoms with Crippen molar-refractivity contribution in [2.24, 2.45) is 0 Å². The number of halogens is 1. The number of benzene rings is 1. The van der Waals surface area contributed by atoms with Crippen LogP contribution in [0, 0.1) is 5.82 Å². The summed E-state index contributed by atoms with van der Waals surface area (Å²) in [5.41, 5.74) is -1.02. The zero-order valence-corrected chi connectivity index (χ0v) is 12.8. The van der Waals surface area contributed by atoms with Gasteiger partial charge in [0.15, 0.2) is 0 Å². The standard InChI is InChI=1S/C17H24FNO3/c18-14-5-7-16(8-6-14)22-13-17(20)11-19(9-10-21-12-17)15-3-1-2-4-15/h5-8,15,20H,1-4,9-13H2/t17-/m0/s1. The molecule has 1 saturated heterocycles. The van der Waals surface area contributed by atoms with Gasteiger partial charge in [0.05, 0.1) is 13.2 Å². The van der Waals surface area contributed by atoms with E-state index >= 15 is 0 Å². The number of hydrogen-bond donors (Lipinski definition) is 1. The van der Waals surface area contributed by atoms with E-state index in [1.54, 1.807) is 12.1 Å². The fraction of sp³-hybridized carbons (Fsp3) is 0.647. The van der Waals surface area contributed by atoms with Crippen molar-refractivity contribution < 1.29 is 19.0 Å². The summed E-state index contributed by atoms with van der Waals surface area (Å²) < 4.78 is 24.1. The Bertz CT molecular complexity index is 475. The highest BCUT2D eigenvalue weighted by atomic mass is 19.1. The minimum absolute atomic E-state index is 0.155. The van der Waals surface area contributed by atoms with Crippen molar-refractivity contribution in [3.05, 3.63) is 30.1 Å². The van der Waals surface area contributed by atoms with Crippen LogP contribution in [-0.2, 0) is 4.74 Å². The second-order valence-corrected chi connectivity index (χ2v) is 6.43. The quantitative estimate of drug-likeness (QED) is 0.926. The molecule has 1 heterocycles. The average Bonchev–Trinajstić information content (AvgIpc) is 2.98. The summed E-state index contributed by atoms with van der Waals surface area (Å²) in [7, 11) is 0. The van der Waals surface area contributed by atoms with Crippen LogP contribution in [-0.4, -0.2) is 54.6 Å². The van der Waals surface area contributed by atoms with Crippen molar-refractivity contribution in [3.8, 4) is 5.75 Å². The molecule has 1 saturated carbocycles. The van der Waals surface area contributed by atoms with Crippen LogP contribution >= 0.6 is 0 Å². The molecule has 5 heteroatoms. The molecule has 1 aliphatic carbocycles. The molecule has 0 amide bonds. The first kappa shape index (κ1) is 15.7. The van der Waals surface area contributed by atoms with E-state index in [-0.39, 0.29) is 19.0 Å². The Balaban J connectivity index is 1.60. The van der Waals surface area contributed by atoms with Gasteiger partial charge in [-0.3, -0.25) is 4.90 Å². The highest BCUT2D eigenvalue weighted by Gasteiger charge is 2.36. The lowest BCUT2D eigenvalue weighted by Crippen LogP contribution is -2.51. The van der Waals surface area contributed by atoms with Gasteiger partial charge < -0.3 is 14.6 Å². The molecule has 0 spiro atoms. The van der Waals surface area contributed by atoms with Gasteiger partial charge in [0.1, 0.15) is 23.8 Å².